The van der Waals surface area contributed by atoms with E-state index in [0.717, 1.165) is 0 Å². The Kier molecular flexibility index (Phi) is 6.55. The molecule has 1 atom stereocenters. The molecule has 0 saturated carbocycles. The molecule has 1 aromatic rings. The molecule has 1 aromatic carbocycles. The summed E-state index contributed by atoms with van der Waals surface area (Å²) in [5.74, 6) is -5.35. The van der Waals surface area contributed by atoms with Gasteiger partial charge in [-0.25, -0.2) is 9.18 Å². The van der Waals surface area contributed by atoms with Gasteiger partial charge in [-0.05, 0) is 24.6 Å². The molecule has 8 heteroatoms. The van der Waals surface area contributed by atoms with Gasteiger partial charge in [-0.2, -0.15) is 0 Å². The van der Waals surface area contributed by atoms with Gasteiger partial charge in [-0.1, -0.05) is 24.3 Å². The number of hydrogen-bond acceptors (Lipinski definition) is 7. The van der Waals surface area contributed by atoms with Crippen molar-refractivity contribution in [1.82, 2.24) is 0 Å². The zero-order valence-electron chi connectivity index (χ0n) is 15.3. The molecule has 1 unspecified atom stereocenters. The normalized spacial score (nSPS) is 17.9. The lowest BCUT2D eigenvalue weighted by Crippen LogP contribution is -2.48. The minimum Gasteiger partial charge on any atom is -0.435 e. The van der Waals surface area contributed by atoms with Crippen LogP contribution in [-0.2, 0) is 28.5 Å². The van der Waals surface area contributed by atoms with Crippen molar-refractivity contribution in [2.75, 3.05) is 13.2 Å². The molecule has 1 aliphatic rings. The minimum absolute atomic E-state index is 0.126. The Morgan fingerprint density at radius 1 is 1.19 bits per heavy atom. The first-order valence-electron chi connectivity index (χ1n) is 8.41. The number of benzene rings is 1. The molecule has 2 rings (SSSR count). The Hall–Kier alpha value is -2.90. The highest BCUT2D eigenvalue weighted by Crippen LogP contribution is 2.34. The van der Waals surface area contributed by atoms with E-state index in [2.05, 4.69) is 4.74 Å². The average Bonchev–Trinajstić information content (AvgIpc) is 2.56. The topological polar surface area (TPSA) is 88.1 Å². The van der Waals surface area contributed by atoms with Crippen molar-refractivity contribution in [2.45, 2.75) is 32.5 Å². The lowest BCUT2D eigenvalue weighted by Gasteiger charge is -2.35. The number of allylic oxidation sites excluding steroid dienone is 1. The van der Waals surface area contributed by atoms with Crippen LogP contribution in [0.5, 0.6) is 0 Å². The highest BCUT2D eigenvalue weighted by molar-refractivity contribution is 5.98. The predicted octanol–water partition coefficient (Wildman–Crippen LogP) is 3.09. The first kappa shape index (κ1) is 20.4. The Labute approximate surface area is 156 Å². The first-order valence-corrected chi connectivity index (χ1v) is 8.41. The molecule has 1 fully saturated rings. The smallest absolute Gasteiger partial charge is 0.435 e. The van der Waals surface area contributed by atoms with Crippen molar-refractivity contribution >= 4 is 18.1 Å². The molecule has 1 heterocycles. The molecule has 0 spiro atoms. The number of cyclic esters (lactones) is 2. The summed E-state index contributed by atoms with van der Waals surface area (Å²) in [6.07, 6.45) is 2.14. The summed E-state index contributed by atoms with van der Waals surface area (Å²) in [7, 11) is 0. The van der Waals surface area contributed by atoms with E-state index < -0.39 is 41.5 Å². The molecule has 0 bridgehead atoms. The van der Waals surface area contributed by atoms with E-state index in [1.165, 1.54) is 50.3 Å². The van der Waals surface area contributed by atoms with E-state index in [-0.39, 0.29) is 13.2 Å². The molecule has 0 radical (unpaired) electrons. The quantitative estimate of drug-likeness (QED) is 0.426. The third kappa shape index (κ3) is 5.54. The number of hydrogen-bond donors (Lipinski definition) is 0. The molecule has 27 heavy (non-hydrogen) atoms. The zero-order chi connectivity index (χ0) is 20.0. The van der Waals surface area contributed by atoms with E-state index in [0.29, 0.717) is 5.56 Å². The van der Waals surface area contributed by atoms with E-state index in [1.54, 1.807) is 6.92 Å². The number of rotatable bonds is 6. The summed E-state index contributed by atoms with van der Waals surface area (Å²) >= 11 is 0. The molecule has 1 aliphatic heterocycles. The van der Waals surface area contributed by atoms with Crippen LogP contribution in [0.15, 0.2) is 36.4 Å². The Bertz CT molecular complexity index is 704. The van der Waals surface area contributed by atoms with Crippen LogP contribution in [0.2, 0.25) is 0 Å². The summed E-state index contributed by atoms with van der Waals surface area (Å²) in [5, 5.41) is 0. The Morgan fingerprint density at radius 2 is 1.78 bits per heavy atom. The van der Waals surface area contributed by atoms with Crippen LogP contribution in [0.1, 0.15) is 32.3 Å². The van der Waals surface area contributed by atoms with Crippen molar-refractivity contribution < 1.29 is 37.7 Å². The minimum atomic E-state index is -1.35. The molecule has 0 aromatic heterocycles. The summed E-state index contributed by atoms with van der Waals surface area (Å²) < 4.78 is 33.0. The van der Waals surface area contributed by atoms with E-state index >= 15 is 0 Å². The fraction of sp³-hybridized carbons (Fsp3) is 0.421. The molecule has 146 valence electrons. The van der Waals surface area contributed by atoms with Crippen molar-refractivity contribution in [3.63, 3.8) is 0 Å². The molecular formula is C19H21FO7. The largest absolute Gasteiger partial charge is 0.508 e. The van der Waals surface area contributed by atoms with Crippen molar-refractivity contribution in [3.05, 3.63) is 47.8 Å². The van der Waals surface area contributed by atoms with Gasteiger partial charge in [-0.3, -0.25) is 9.59 Å². The van der Waals surface area contributed by atoms with Gasteiger partial charge in [0.25, 0.3) is 5.79 Å². The van der Waals surface area contributed by atoms with Gasteiger partial charge in [-0.15, -0.1) is 0 Å². The average molecular weight is 380 g/mol. The van der Waals surface area contributed by atoms with Crippen molar-refractivity contribution in [1.29, 1.82) is 0 Å². The molecule has 0 N–H and O–H groups in total. The van der Waals surface area contributed by atoms with Crippen LogP contribution in [0.4, 0.5) is 9.18 Å². The fourth-order valence-electron chi connectivity index (χ4n) is 2.60. The SMILES string of the molecule is CCOC(=O)OC/C=C/C(c1ccc(F)cc1)C1C(=O)OC(C)(C)OC1=O. The Balaban J connectivity index is 2.22. The van der Waals surface area contributed by atoms with Gasteiger partial charge in [0.15, 0.2) is 5.92 Å². The second-order valence-electron chi connectivity index (χ2n) is 6.22. The van der Waals surface area contributed by atoms with Crippen LogP contribution in [0.3, 0.4) is 0 Å². The van der Waals surface area contributed by atoms with Gasteiger partial charge >= 0.3 is 18.1 Å². The number of carbonyl (C=O) groups is 3. The van der Waals surface area contributed by atoms with E-state index in [9.17, 15) is 18.8 Å². The van der Waals surface area contributed by atoms with Crippen LogP contribution < -0.4 is 0 Å². The summed E-state index contributed by atoms with van der Waals surface area (Å²) in [5.41, 5.74) is 0.502. The zero-order valence-corrected chi connectivity index (χ0v) is 15.3. The van der Waals surface area contributed by atoms with E-state index in [4.69, 9.17) is 14.2 Å². The highest BCUT2D eigenvalue weighted by Gasteiger charge is 2.46. The molecule has 7 nitrogen and oxygen atoms in total. The Morgan fingerprint density at radius 3 is 2.33 bits per heavy atom. The van der Waals surface area contributed by atoms with Crippen LogP contribution in [0, 0.1) is 11.7 Å². The van der Waals surface area contributed by atoms with Gasteiger partial charge in [0.2, 0.25) is 0 Å². The van der Waals surface area contributed by atoms with Crippen molar-refractivity contribution in [3.8, 4) is 0 Å². The summed E-state index contributed by atoms with van der Waals surface area (Å²) in [4.78, 5) is 36.0. The third-order valence-corrected chi connectivity index (χ3v) is 3.72. The molecule has 0 amide bonds. The number of ether oxygens (including phenoxy) is 4. The lowest BCUT2D eigenvalue weighted by molar-refractivity contribution is -0.240. The lowest BCUT2D eigenvalue weighted by atomic mass is 9.85. The number of esters is 2. The monoisotopic (exact) mass is 380 g/mol. The predicted molar refractivity (Wildman–Crippen MR) is 91.0 cm³/mol. The summed E-state index contributed by atoms with van der Waals surface area (Å²) in [6.45, 7) is 4.60. The van der Waals surface area contributed by atoms with Gasteiger partial charge in [0.1, 0.15) is 12.4 Å². The third-order valence-electron chi connectivity index (χ3n) is 3.72. The van der Waals surface area contributed by atoms with Crippen LogP contribution >= 0.6 is 0 Å². The maximum absolute atomic E-state index is 13.2. The van der Waals surface area contributed by atoms with Crippen LogP contribution in [0.25, 0.3) is 0 Å². The second-order valence-corrected chi connectivity index (χ2v) is 6.22. The standard InChI is InChI=1S/C19H21FO7/c1-4-24-18(23)25-11-5-6-14(12-7-9-13(20)10-8-12)15-16(21)26-19(2,3)27-17(15)22/h5-10,14-15H,4,11H2,1-3H3/b6-5+. The van der Waals surface area contributed by atoms with Gasteiger partial charge in [0, 0.05) is 19.8 Å². The maximum atomic E-state index is 13.2. The highest BCUT2D eigenvalue weighted by atomic mass is 19.1. The van der Waals surface area contributed by atoms with Crippen molar-refractivity contribution in [2.24, 2.45) is 5.92 Å². The van der Waals surface area contributed by atoms with Gasteiger partial charge in [0.05, 0.1) is 6.61 Å². The summed E-state index contributed by atoms with van der Waals surface area (Å²) in [6, 6.07) is 5.34. The maximum Gasteiger partial charge on any atom is 0.508 e. The molecule has 1 saturated heterocycles. The molecular weight excluding hydrogens is 359 g/mol. The second kappa shape index (κ2) is 8.66. The van der Waals surface area contributed by atoms with Crippen LogP contribution in [-0.4, -0.2) is 37.1 Å². The number of halogens is 1. The fourth-order valence-corrected chi connectivity index (χ4v) is 2.60. The first-order chi connectivity index (χ1) is 12.7. The van der Waals surface area contributed by atoms with E-state index in [1.807, 2.05) is 0 Å². The molecule has 0 aliphatic carbocycles. The number of carbonyl (C=O) groups excluding carboxylic acids is 3. The van der Waals surface area contributed by atoms with Gasteiger partial charge < -0.3 is 18.9 Å².